The average molecular weight is 366 g/mol. The Kier molecular flexibility index (Phi) is 6.57. The van der Waals surface area contributed by atoms with Crippen LogP contribution in [0.1, 0.15) is 25.3 Å². The van der Waals surface area contributed by atoms with Crippen LogP contribution >= 0.6 is 11.6 Å². The molecule has 1 N–H and O–H groups in total. The lowest BCUT2D eigenvalue weighted by Gasteiger charge is -2.42. The molecule has 0 saturated carbocycles. The first kappa shape index (κ1) is 18.5. The number of benzene rings is 1. The Balaban J connectivity index is 1.64. The predicted octanol–water partition coefficient (Wildman–Crippen LogP) is 2.98. The van der Waals surface area contributed by atoms with Gasteiger partial charge in [0, 0.05) is 49.7 Å². The summed E-state index contributed by atoms with van der Waals surface area (Å²) in [5.41, 5.74) is 1.16. The van der Waals surface area contributed by atoms with Gasteiger partial charge in [-0.2, -0.15) is 0 Å². The van der Waals surface area contributed by atoms with E-state index >= 15 is 0 Å². The molecule has 2 amide bonds. The second kappa shape index (κ2) is 8.88. The number of urea groups is 1. The minimum Gasteiger partial charge on any atom is -0.379 e. The number of nitrogens with one attached hydrogen (secondary N) is 1. The largest absolute Gasteiger partial charge is 0.379 e. The Morgan fingerprint density at radius 2 is 2.20 bits per heavy atom. The third-order valence-electron chi connectivity index (χ3n) is 5.13. The van der Waals surface area contributed by atoms with E-state index in [0.29, 0.717) is 19.1 Å². The fourth-order valence-electron chi connectivity index (χ4n) is 3.83. The molecule has 138 valence electrons. The molecule has 2 aliphatic rings. The van der Waals surface area contributed by atoms with Crippen LogP contribution in [0.5, 0.6) is 0 Å². The fourth-order valence-corrected chi connectivity index (χ4v) is 4.02. The minimum atomic E-state index is 0.0573. The van der Waals surface area contributed by atoms with Crippen LogP contribution in [-0.2, 0) is 11.3 Å². The first-order valence-electron chi connectivity index (χ1n) is 9.27. The highest BCUT2D eigenvalue weighted by molar-refractivity contribution is 6.31. The quantitative estimate of drug-likeness (QED) is 0.892. The summed E-state index contributed by atoms with van der Waals surface area (Å²) in [4.78, 5) is 16.9. The maximum atomic E-state index is 12.5. The highest BCUT2D eigenvalue weighted by Gasteiger charge is 2.37. The molecule has 0 aliphatic carbocycles. The van der Waals surface area contributed by atoms with Gasteiger partial charge < -0.3 is 15.0 Å². The first-order chi connectivity index (χ1) is 12.2. The number of nitrogens with zero attached hydrogens (tertiary/aromatic N) is 2. The van der Waals surface area contributed by atoms with Crippen molar-refractivity contribution in [3.05, 3.63) is 34.9 Å². The van der Waals surface area contributed by atoms with Crippen molar-refractivity contribution < 1.29 is 9.53 Å². The van der Waals surface area contributed by atoms with Crippen LogP contribution in [0.2, 0.25) is 5.02 Å². The molecule has 0 radical (unpaired) electrons. The van der Waals surface area contributed by atoms with Crippen LogP contribution in [0.25, 0.3) is 0 Å². The highest BCUT2D eigenvalue weighted by atomic mass is 35.5. The van der Waals surface area contributed by atoms with Gasteiger partial charge >= 0.3 is 6.03 Å². The molecule has 1 aromatic carbocycles. The van der Waals surface area contributed by atoms with Crippen LogP contribution in [0.15, 0.2) is 24.3 Å². The van der Waals surface area contributed by atoms with Crippen molar-refractivity contribution in [2.45, 2.75) is 32.4 Å². The van der Waals surface area contributed by atoms with Crippen molar-refractivity contribution >= 4 is 17.6 Å². The Hall–Kier alpha value is -1.30. The molecule has 0 unspecified atom stereocenters. The Morgan fingerprint density at radius 3 is 3.00 bits per heavy atom. The zero-order valence-corrected chi connectivity index (χ0v) is 15.7. The van der Waals surface area contributed by atoms with Gasteiger partial charge in [0.1, 0.15) is 0 Å². The number of hydrogen-bond donors (Lipinski definition) is 1. The molecule has 2 saturated heterocycles. The summed E-state index contributed by atoms with van der Waals surface area (Å²) >= 11 is 6.31. The topological polar surface area (TPSA) is 44.8 Å². The molecule has 2 atom stereocenters. The van der Waals surface area contributed by atoms with Gasteiger partial charge in [-0.05, 0) is 24.5 Å². The van der Waals surface area contributed by atoms with Crippen molar-refractivity contribution in [1.82, 2.24) is 15.1 Å². The predicted molar refractivity (Wildman–Crippen MR) is 99.8 cm³/mol. The van der Waals surface area contributed by atoms with Gasteiger partial charge in [0.05, 0.1) is 13.2 Å². The Labute approximate surface area is 155 Å². The molecular formula is C19H28ClN3O2. The molecule has 5 nitrogen and oxygen atoms in total. The molecular weight excluding hydrogens is 338 g/mol. The number of fused-ring (bicyclic) bond motifs is 1. The second-order valence-corrected chi connectivity index (χ2v) is 7.35. The summed E-state index contributed by atoms with van der Waals surface area (Å²) in [5.74, 6) is 0.353. The molecule has 25 heavy (non-hydrogen) atoms. The average Bonchev–Trinajstić information content (AvgIpc) is 2.83. The van der Waals surface area contributed by atoms with E-state index in [1.54, 1.807) is 0 Å². The zero-order chi connectivity index (χ0) is 17.6. The summed E-state index contributed by atoms with van der Waals surface area (Å²) in [7, 11) is 0. The third kappa shape index (κ3) is 4.66. The highest BCUT2D eigenvalue weighted by Crippen LogP contribution is 2.27. The van der Waals surface area contributed by atoms with E-state index in [4.69, 9.17) is 16.3 Å². The van der Waals surface area contributed by atoms with E-state index in [1.165, 1.54) is 0 Å². The second-order valence-electron chi connectivity index (χ2n) is 6.94. The van der Waals surface area contributed by atoms with Crippen molar-refractivity contribution in [2.75, 3.05) is 39.4 Å². The lowest BCUT2D eigenvalue weighted by atomic mass is 9.91. The molecule has 6 heteroatoms. The number of likely N-dealkylation sites (tertiary alicyclic amines) is 1. The summed E-state index contributed by atoms with van der Waals surface area (Å²) in [6.45, 7) is 7.59. The molecule has 0 bridgehead atoms. The van der Waals surface area contributed by atoms with Crippen LogP contribution in [0.4, 0.5) is 4.79 Å². The number of rotatable bonds is 4. The third-order valence-corrected chi connectivity index (χ3v) is 5.49. The Bertz CT molecular complexity index is 584. The molecule has 2 heterocycles. The monoisotopic (exact) mass is 365 g/mol. The molecule has 0 aromatic heterocycles. The van der Waals surface area contributed by atoms with Crippen LogP contribution in [0.3, 0.4) is 0 Å². The number of carbonyl (C=O) groups is 1. The summed E-state index contributed by atoms with van der Waals surface area (Å²) in [6.07, 6.45) is 1.94. The van der Waals surface area contributed by atoms with Crippen molar-refractivity contribution in [1.29, 1.82) is 0 Å². The Morgan fingerprint density at radius 1 is 1.36 bits per heavy atom. The number of carbonyl (C=O) groups excluding carboxylic acids is 1. The van der Waals surface area contributed by atoms with Crippen molar-refractivity contribution in [3.63, 3.8) is 0 Å². The SMILES string of the molecule is CCCNC(=O)N1CCOC[C@H]2CN(Cc3ccccc3Cl)CC[C@H]21. The normalized spacial score (nSPS) is 24.5. The van der Waals surface area contributed by atoms with Gasteiger partial charge in [-0.1, -0.05) is 36.7 Å². The maximum absolute atomic E-state index is 12.5. The summed E-state index contributed by atoms with van der Waals surface area (Å²) in [6, 6.07) is 8.34. The number of amides is 2. The van der Waals surface area contributed by atoms with Crippen LogP contribution in [0, 0.1) is 5.92 Å². The zero-order valence-electron chi connectivity index (χ0n) is 14.9. The van der Waals surface area contributed by atoms with Crippen LogP contribution < -0.4 is 5.32 Å². The van der Waals surface area contributed by atoms with Gasteiger partial charge in [0.2, 0.25) is 0 Å². The number of halogens is 1. The molecule has 3 rings (SSSR count). The summed E-state index contributed by atoms with van der Waals surface area (Å²) < 4.78 is 5.80. The standard InChI is InChI=1S/C19H28ClN3O2/c1-2-8-21-19(24)23-10-11-25-14-16-13-22(9-7-18(16)23)12-15-5-3-4-6-17(15)20/h3-6,16,18H,2,7-14H2,1H3,(H,21,24)/t16-,18-/m1/s1. The van der Waals surface area contributed by atoms with Gasteiger partial charge in [-0.15, -0.1) is 0 Å². The lowest BCUT2D eigenvalue weighted by Crippen LogP contribution is -2.55. The van der Waals surface area contributed by atoms with Crippen molar-refractivity contribution in [2.24, 2.45) is 5.92 Å². The van der Waals surface area contributed by atoms with Crippen LogP contribution in [-0.4, -0.2) is 61.3 Å². The smallest absolute Gasteiger partial charge is 0.317 e. The van der Waals surface area contributed by atoms with E-state index < -0.39 is 0 Å². The van der Waals surface area contributed by atoms with E-state index in [0.717, 1.165) is 56.2 Å². The van der Waals surface area contributed by atoms with Gasteiger partial charge in [0.15, 0.2) is 0 Å². The number of piperidine rings is 1. The van der Waals surface area contributed by atoms with E-state index in [-0.39, 0.29) is 12.1 Å². The van der Waals surface area contributed by atoms with E-state index in [9.17, 15) is 4.79 Å². The van der Waals surface area contributed by atoms with Gasteiger partial charge in [-0.3, -0.25) is 4.90 Å². The van der Waals surface area contributed by atoms with E-state index in [2.05, 4.69) is 23.2 Å². The molecule has 1 aromatic rings. The molecule has 2 fully saturated rings. The van der Waals surface area contributed by atoms with Crippen molar-refractivity contribution in [3.8, 4) is 0 Å². The number of hydrogen-bond acceptors (Lipinski definition) is 3. The molecule has 0 spiro atoms. The van der Waals surface area contributed by atoms with E-state index in [1.807, 2.05) is 23.1 Å². The molecule has 2 aliphatic heterocycles. The minimum absolute atomic E-state index is 0.0573. The lowest BCUT2D eigenvalue weighted by molar-refractivity contribution is 0.0542. The van der Waals surface area contributed by atoms with Gasteiger partial charge in [-0.25, -0.2) is 4.79 Å². The van der Waals surface area contributed by atoms with Gasteiger partial charge in [0.25, 0.3) is 0 Å². The fraction of sp³-hybridized carbons (Fsp3) is 0.632. The first-order valence-corrected chi connectivity index (χ1v) is 9.64. The maximum Gasteiger partial charge on any atom is 0.317 e. The number of ether oxygens (including phenoxy) is 1. The summed E-state index contributed by atoms with van der Waals surface area (Å²) in [5, 5.41) is 3.84.